The molecular weight excluding hydrogens is 276 g/mol. The molecule has 1 N–H and O–H groups in total. The molecule has 0 unspecified atom stereocenters. The molecule has 0 radical (unpaired) electrons. The second kappa shape index (κ2) is 5.51. The Morgan fingerprint density at radius 2 is 2.35 bits per heavy atom. The second-order valence-electron chi connectivity index (χ2n) is 6.03. The largest absolute Gasteiger partial charge is 0.390 e. The van der Waals surface area contributed by atoms with Crippen molar-refractivity contribution < 1.29 is 9.84 Å². The topological polar surface area (TPSA) is 45.6 Å². The first-order valence-electron chi connectivity index (χ1n) is 7.26. The van der Waals surface area contributed by atoms with Crippen LogP contribution in [0.25, 0.3) is 0 Å². The molecule has 20 heavy (non-hydrogen) atoms. The zero-order chi connectivity index (χ0) is 14.2. The molecule has 2 aliphatic heterocycles. The molecule has 0 amide bonds. The summed E-state index contributed by atoms with van der Waals surface area (Å²) in [4.78, 5) is 6.72. The Morgan fingerprint density at radius 1 is 1.50 bits per heavy atom. The molecular formula is C15H21ClN2O2. The van der Waals surface area contributed by atoms with Crippen molar-refractivity contribution in [2.45, 2.75) is 37.8 Å². The van der Waals surface area contributed by atoms with Crippen LogP contribution in [0.15, 0.2) is 18.3 Å². The van der Waals surface area contributed by atoms with Crippen molar-refractivity contribution in [2.24, 2.45) is 5.92 Å². The lowest BCUT2D eigenvalue weighted by molar-refractivity contribution is -0.108. The van der Waals surface area contributed by atoms with Crippen molar-refractivity contribution in [3.8, 4) is 0 Å². The number of aliphatic hydroxyl groups is 1. The fourth-order valence-electron chi connectivity index (χ4n) is 3.41. The van der Waals surface area contributed by atoms with E-state index in [2.05, 4.69) is 9.88 Å². The normalized spacial score (nSPS) is 34.5. The Kier molecular flexibility index (Phi) is 3.89. The number of hydrogen-bond donors (Lipinski definition) is 1. The van der Waals surface area contributed by atoms with Gasteiger partial charge < -0.3 is 14.7 Å². The van der Waals surface area contributed by atoms with E-state index in [9.17, 15) is 5.11 Å². The second-order valence-corrected chi connectivity index (χ2v) is 6.46. The molecule has 3 heterocycles. The van der Waals surface area contributed by atoms with Gasteiger partial charge in [-0.1, -0.05) is 11.6 Å². The number of hydrogen-bond acceptors (Lipinski definition) is 4. The molecule has 3 rings (SSSR count). The van der Waals surface area contributed by atoms with Gasteiger partial charge in [-0.15, -0.1) is 0 Å². The van der Waals surface area contributed by atoms with Crippen LogP contribution in [0.2, 0.25) is 5.02 Å². The highest BCUT2D eigenvalue weighted by atomic mass is 35.5. The Hall–Kier alpha value is -0.840. The molecule has 4 nitrogen and oxygen atoms in total. The standard InChI is InChI=1S/C15H21ClN2O2/c1-15(19)6-8-20-10-12(15)13-3-2-7-18(13)14-5-4-11(16)9-17-14/h4-5,9,12-13,19H,2-3,6-8,10H2,1H3/t12-,13+,15-/m0/s1. The lowest BCUT2D eigenvalue weighted by Gasteiger charge is -2.43. The minimum absolute atomic E-state index is 0.135. The van der Waals surface area contributed by atoms with Crippen LogP contribution in [-0.4, -0.2) is 41.5 Å². The highest BCUT2D eigenvalue weighted by Crippen LogP contribution is 2.37. The van der Waals surface area contributed by atoms with Crippen LogP contribution in [0.5, 0.6) is 0 Å². The SMILES string of the molecule is C[C@]1(O)CCOC[C@H]1[C@H]1CCCN1c1ccc(Cl)cn1. The fourth-order valence-corrected chi connectivity index (χ4v) is 3.52. The van der Waals surface area contributed by atoms with Gasteiger partial charge in [-0.3, -0.25) is 0 Å². The molecule has 0 bridgehead atoms. The van der Waals surface area contributed by atoms with Gasteiger partial charge in [0.2, 0.25) is 0 Å². The van der Waals surface area contributed by atoms with Crippen molar-refractivity contribution in [3.63, 3.8) is 0 Å². The first-order chi connectivity index (χ1) is 9.58. The fraction of sp³-hybridized carbons (Fsp3) is 0.667. The smallest absolute Gasteiger partial charge is 0.128 e. The minimum atomic E-state index is -0.655. The van der Waals surface area contributed by atoms with Crippen LogP contribution < -0.4 is 4.90 Å². The molecule has 5 heteroatoms. The van der Waals surface area contributed by atoms with Crippen molar-refractivity contribution in [3.05, 3.63) is 23.4 Å². The quantitative estimate of drug-likeness (QED) is 0.911. The van der Waals surface area contributed by atoms with Crippen LogP contribution in [0, 0.1) is 5.92 Å². The van der Waals surface area contributed by atoms with Gasteiger partial charge in [0.15, 0.2) is 0 Å². The third kappa shape index (κ3) is 2.65. The number of rotatable bonds is 2. The average molecular weight is 297 g/mol. The summed E-state index contributed by atoms with van der Waals surface area (Å²) >= 11 is 5.91. The van der Waals surface area contributed by atoms with E-state index in [1.54, 1.807) is 6.20 Å². The zero-order valence-electron chi connectivity index (χ0n) is 11.8. The van der Waals surface area contributed by atoms with Gasteiger partial charge in [0.05, 0.1) is 17.2 Å². The molecule has 2 aliphatic rings. The first kappa shape index (κ1) is 14.1. The van der Waals surface area contributed by atoms with E-state index in [0.717, 1.165) is 25.2 Å². The summed E-state index contributed by atoms with van der Waals surface area (Å²) in [6, 6.07) is 4.12. The average Bonchev–Trinajstić information content (AvgIpc) is 2.88. The molecule has 0 aliphatic carbocycles. The third-order valence-corrected chi connectivity index (χ3v) is 4.84. The maximum absolute atomic E-state index is 10.7. The van der Waals surface area contributed by atoms with E-state index >= 15 is 0 Å². The summed E-state index contributed by atoms with van der Waals surface area (Å²) in [5, 5.41) is 11.3. The maximum Gasteiger partial charge on any atom is 0.128 e. The summed E-state index contributed by atoms with van der Waals surface area (Å²) in [5.74, 6) is 1.08. The van der Waals surface area contributed by atoms with Gasteiger partial charge in [0, 0.05) is 31.3 Å². The van der Waals surface area contributed by atoms with Gasteiger partial charge in [0.1, 0.15) is 5.82 Å². The molecule has 0 saturated carbocycles. The van der Waals surface area contributed by atoms with Crippen LogP contribution in [-0.2, 0) is 4.74 Å². The Bertz CT molecular complexity index is 463. The van der Waals surface area contributed by atoms with Crippen LogP contribution in [0.1, 0.15) is 26.2 Å². The summed E-state index contributed by atoms with van der Waals surface area (Å²) < 4.78 is 5.61. The molecule has 2 fully saturated rings. The highest BCUT2D eigenvalue weighted by Gasteiger charge is 2.44. The van der Waals surface area contributed by atoms with Crippen molar-refractivity contribution in [2.75, 3.05) is 24.7 Å². The lowest BCUT2D eigenvalue weighted by atomic mass is 9.79. The van der Waals surface area contributed by atoms with E-state index in [1.165, 1.54) is 0 Å². The Morgan fingerprint density at radius 3 is 3.05 bits per heavy atom. The van der Waals surface area contributed by atoms with E-state index in [0.29, 0.717) is 30.7 Å². The van der Waals surface area contributed by atoms with E-state index < -0.39 is 5.60 Å². The molecule has 2 saturated heterocycles. The van der Waals surface area contributed by atoms with E-state index in [1.807, 2.05) is 19.1 Å². The van der Waals surface area contributed by atoms with Gasteiger partial charge in [-0.2, -0.15) is 0 Å². The maximum atomic E-state index is 10.7. The highest BCUT2D eigenvalue weighted by molar-refractivity contribution is 6.30. The van der Waals surface area contributed by atoms with Gasteiger partial charge >= 0.3 is 0 Å². The number of pyridine rings is 1. The van der Waals surface area contributed by atoms with E-state index in [-0.39, 0.29) is 5.92 Å². The molecule has 1 aromatic rings. The summed E-state index contributed by atoms with van der Waals surface area (Å²) in [5.41, 5.74) is -0.655. The number of anilines is 1. The molecule has 0 spiro atoms. The first-order valence-corrected chi connectivity index (χ1v) is 7.64. The predicted octanol–water partition coefficient (Wildman–Crippen LogP) is 2.49. The van der Waals surface area contributed by atoms with E-state index in [4.69, 9.17) is 16.3 Å². The monoisotopic (exact) mass is 296 g/mol. The number of halogens is 1. The molecule has 110 valence electrons. The number of nitrogens with zero attached hydrogens (tertiary/aromatic N) is 2. The Labute approximate surface area is 124 Å². The number of ether oxygens (including phenoxy) is 1. The van der Waals surface area contributed by atoms with Crippen molar-refractivity contribution in [1.29, 1.82) is 0 Å². The van der Waals surface area contributed by atoms with Crippen LogP contribution >= 0.6 is 11.6 Å². The summed E-state index contributed by atoms with van der Waals surface area (Å²) in [6.45, 7) is 4.19. The Balaban J connectivity index is 1.83. The van der Waals surface area contributed by atoms with Crippen molar-refractivity contribution >= 4 is 17.4 Å². The third-order valence-electron chi connectivity index (χ3n) is 4.62. The summed E-state index contributed by atoms with van der Waals surface area (Å²) in [7, 11) is 0. The molecule has 3 atom stereocenters. The van der Waals surface area contributed by atoms with Gasteiger partial charge in [-0.05, 0) is 38.3 Å². The molecule has 0 aromatic carbocycles. The summed E-state index contributed by atoms with van der Waals surface area (Å²) in [6.07, 6.45) is 4.59. The minimum Gasteiger partial charge on any atom is -0.390 e. The van der Waals surface area contributed by atoms with Crippen LogP contribution in [0.3, 0.4) is 0 Å². The van der Waals surface area contributed by atoms with Crippen molar-refractivity contribution in [1.82, 2.24) is 4.98 Å². The lowest BCUT2D eigenvalue weighted by Crippen LogP contribution is -2.52. The van der Waals surface area contributed by atoms with Crippen LogP contribution in [0.4, 0.5) is 5.82 Å². The van der Waals surface area contributed by atoms with Gasteiger partial charge in [-0.25, -0.2) is 4.98 Å². The van der Waals surface area contributed by atoms with Gasteiger partial charge in [0.25, 0.3) is 0 Å². The molecule has 1 aromatic heterocycles. The zero-order valence-corrected chi connectivity index (χ0v) is 12.5. The number of aromatic nitrogens is 1. The predicted molar refractivity (Wildman–Crippen MR) is 79.2 cm³/mol.